The second-order valence-electron chi connectivity index (χ2n) is 3.82. The Kier molecular flexibility index (Phi) is 5.09. The molecule has 2 aromatic rings. The van der Waals surface area contributed by atoms with Crippen LogP contribution in [0.15, 0.2) is 48.5 Å². The number of rotatable bonds is 3. The zero-order valence-electron chi connectivity index (χ0n) is 10.0. The van der Waals surface area contributed by atoms with Crippen LogP contribution in [0.4, 0.5) is 11.4 Å². The Morgan fingerprint density at radius 3 is 2.37 bits per heavy atom. The van der Waals surface area contributed by atoms with Gasteiger partial charge in [0.1, 0.15) is 0 Å². The van der Waals surface area contributed by atoms with Crippen molar-refractivity contribution < 1.29 is 4.92 Å². The molecule has 0 unspecified atom stereocenters. The second-order valence-corrected chi connectivity index (χ2v) is 3.82. The molecule has 0 amide bonds. The number of nitrogens with two attached hydrogens (primary N) is 1. The predicted octanol–water partition coefficient (Wildman–Crippen LogP) is 3.77. The normalized spacial score (nSPS) is 10.1. The van der Waals surface area contributed by atoms with E-state index in [1.807, 2.05) is 36.4 Å². The molecule has 0 fully saturated rings. The number of benzene rings is 2. The number of hydrogen-bond donors (Lipinski definition) is 1. The van der Waals surface area contributed by atoms with E-state index in [2.05, 4.69) is 0 Å². The minimum absolute atomic E-state index is 0. The van der Waals surface area contributed by atoms with Gasteiger partial charge in [0.2, 0.25) is 0 Å². The van der Waals surface area contributed by atoms with Gasteiger partial charge in [0.15, 0.2) is 0 Å². The van der Waals surface area contributed by atoms with Crippen LogP contribution in [0.2, 0.25) is 0 Å². The molecule has 0 saturated carbocycles. The molecule has 19 heavy (non-hydrogen) atoms. The van der Waals surface area contributed by atoms with Crippen LogP contribution in [0.25, 0.3) is 12.2 Å². The van der Waals surface area contributed by atoms with Gasteiger partial charge in [-0.25, -0.2) is 0 Å². The molecule has 0 aliphatic rings. The summed E-state index contributed by atoms with van der Waals surface area (Å²) in [5.41, 5.74) is 7.48. The minimum atomic E-state index is -0.430. The lowest BCUT2D eigenvalue weighted by Crippen LogP contribution is -1.93. The highest BCUT2D eigenvalue weighted by Crippen LogP contribution is 2.23. The van der Waals surface area contributed by atoms with Crippen molar-refractivity contribution in [2.24, 2.45) is 0 Å². The summed E-state index contributed by atoms with van der Waals surface area (Å²) in [6.45, 7) is 0. The first kappa shape index (κ1) is 14.7. The summed E-state index contributed by atoms with van der Waals surface area (Å²) in [6, 6.07) is 14.3. The molecule has 98 valence electrons. The number of hydrogen-bond acceptors (Lipinski definition) is 3. The smallest absolute Gasteiger partial charge is 0.278 e. The summed E-state index contributed by atoms with van der Waals surface area (Å²) >= 11 is 0. The van der Waals surface area contributed by atoms with Gasteiger partial charge in [0, 0.05) is 11.8 Å². The van der Waals surface area contributed by atoms with E-state index < -0.39 is 4.92 Å². The quantitative estimate of drug-likeness (QED) is 0.401. The predicted molar refractivity (Wildman–Crippen MR) is 80.1 cm³/mol. The molecule has 2 N–H and O–H groups in total. The first-order chi connectivity index (χ1) is 8.66. The van der Waals surface area contributed by atoms with Crippen molar-refractivity contribution in [1.82, 2.24) is 0 Å². The summed E-state index contributed by atoms with van der Waals surface area (Å²) in [5, 5.41) is 10.9. The molecular formula is C14H13ClN2O2. The molecule has 0 atom stereocenters. The third-order valence-corrected chi connectivity index (χ3v) is 2.51. The Labute approximate surface area is 117 Å². The van der Waals surface area contributed by atoms with Gasteiger partial charge in [-0.2, -0.15) is 0 Å². The van der Waals surface area contributed by atoms with Crippen molar-refractivity contribution in [3.05, 3.63) is 69.8 Å². The van der Waals surface area contributed by atoms with Gasteiger partial charge in [-0.05, 0) is 23.8 Å². The molecule has 2 rings (SSSR count). The van der Waals surface area contributed by atoms with Crippen molar-refractivity contribution in [2.45, 2.75) is 0 Å². The SMILES string of the molecule is Cl.Nc1ccc(/C=C/c2ccccc2)c([N+](=O)[O-])c1. The number of nitro benzene ring substituents is 1. The number of nitrogens with zero attached hydrogens (tertiary/aromatic N) is 1. The van der Waals surface area contributed by atoms with Crippen molar-refractivity contribution in [3.8, 4) is 0 Å². The highest BCUT2D eigenvalue weighted by atomic mass is 35.5. The number of nitro groups is 1. The molecule has 0 spiro atoms. The van der Waals surface area contributed by atoms with Gasteiger partial charge in [-0.1, -0.05) is 36.4 Å². The molecule has 0 radical (unpaired) electrons. The fourth-order valence-electron chi connectivity index (χ4n) is 1.61. The van der Waals surface area contributed by atoms with Gasteiger partial charge in [0.05, 0.1) is 10.5 Å². The van der Waals surface area contributed by atoms with Crippen molar-refractivity contribution >= 4 is 35.9 Å². The fraction of sp³-hybridized carbons (Fsp3) is 0. The number of nitrogen functional groups attached to an aromatic ring is 1. The maximum absolute atomic E-state index is 10.9. The lowest BCUT2D eigenvalue weighted by Gasteiger charge is -1.99. The summed E-state index contributed by atoms with van der Waals surface area (Å²) in [6.07, 6.45) is 3.55. The van der Waals surface area contributed by atoms with Crippen LogP contribution in [-0.4, -0.2) is 4.92 Å². The highest BCUT2D eigenvalue weighted by molar-refractivity contribution is 5.85. The molecule has 0 aromatic heterocycles. The molecular weight excluding hydrogens is 264 g/mol. The van der Waals surface area contributed by atoms with E-state index in [1.165, 1.54) is 6.07 Å². The number of halogens is 1. The Hall–Kier alpha value is -2.33. The maximum atomic E-state index is 10.9. The first-order valence-corrected chi connectivity index (χ1v) is 5.44. The molecule has 5 heteroatoms. The Bertz CT molecular complexity index is 598. The van der Waals surface area contributed by atoms with E-state index >= 15 is 0 Å². The Morgan fingerprint density at radius 1 is 1.05 bits per heavy atom. The average Bonchev–Trinajstić information content (AvgIpc) is 2.38. The Balaban J connectivity index is 0.00000180. The van der Waals surface area contributed by atoms with Crippen LogP contribution in [0.3, 0.4) is 0 Å². The van der Waals surface area contributed by atoms with Crippen molar-refractivity contribution in [2.75, 3.05) is 5.73 Å². The first-order valence-electron chi connectivity index (χ1n) is 5.44. The number of anilines is 1. The zero-order valence-corrected chi connectivity index (χ0v) is 10.8. The van der Waals surface area contributed by atoms with Gasteiger partial charge >= 0.3 is 0 Å². The van der Waals surface area contributed by atoms with Gasteiger partial charge in [0.25, 0.3) is 5.69 Å². The average molecular weight is 277 g/mol. The molecule has 0 aliphatic carbocycles. The van der Waals surface area contributed by atoms with Crippen LogP contribution in [0.1, 0.15) is 11.1 Å². The van der Waals surface area contributed by atoms with E-state index in [9.17, 15) is 10.1 Å². The lowest BCUT2D eigenvalue weighted by molar-refractivity contribution is -0.385. The van der Waals surface area contributed by atoms with Crippen LogP contribution >= 0.6 is 12.4 Å². The Morgan fingerprint density at radius 2 is 1.74 bits per heavy atom. The summed E-state index contributed by atoms with van der Waals surface area (Å²) in [7, 11) is 0. The van der Waals surface area contributed by atoms with Crippen molar-refractivity contribution in [3.63, 3.8) is 0 Å². The van der Waals surface area contributed by atoms with E-state index in [0.29, 0.717) is 11.3 Å². The van der Waals surface area contributed by atoms with Gasteiger partial charge in [-0.3, -0.25) is 10.1 Å². The standard InChI is InChI=1S/C14H12N2O2.ClH/c15-13-9-8-12(14(10-13)16(17)18)7-6-11-4-2-1-3-5-11;/h1-10H,15H2;1H/b7-6+;. The highest BCUT2D eigenvalue weighted by Gasteiger charge is 2.11. The monoisotopic (exact) mass is 276 g/mol. The van der Waals surface area contributed by atoms with Crippen LogP contribution in [0.5, 0.6) is 0 Å². The fourth-order valence-corrected chi connectivity index (χ4v) is 1.61. The van der Waals surface area contributed by atoms with Crippen LogP contribution < -0.4 is 5.73 Å². The van der Waals surface area contributed by atoms with Gasteiger partial charge < -0.3 is 5.73 Å². The van der Waals surface area contributed by atoms with E-state index in [0.717, 1.165) is 5.56 Å². The van der Waals surface area contributed by atoms with Crippen LogP contribution in [0, 0.1) is 10.1 Å². The zero-order chi connectivity index (χ0) is 13.0. The minimum Gasteiger partial charge on any atom is -0.399 e. The second kappa shape index (κ2) is 6.56. The van der Waals surface area contributed by atoms with E-state index in [1.54, 1.807) is 18.2 Å². The largest absolute Gasteiger partial charge is 0.399 e. The molecule has 4 nitrogen and oxygen atoms in total. The maximum Gasteiger partial charge on any atom is 0.278 e. The van der Waals surface area contributed by atoms with Crippen molar-refractivity contribution in [1.29, 1.82) is 0 Å². The summed E-state index contributed by atoms with van der Waals surface area (Å²) in [4.78, 5) is 10.5. The third kappa shape index (κ3) is 3.82. The molecule has 0 saturated heterocycles. The summed E-state index contributed by atoms with van der Waals surface area (Å²) < 4.78 is 0. The summed E-state index contributed by atoms with van der Waals surface area (Å²) in [5.74, 6) is 0. The topological polar surface area (TPSA) is 69.2 Å². The lowest BCUT2D eigenvalue weighted by atomic mass is 10.1. The van der Waals surface area contributed by atoms with Gasteiger partial charge in [-0.15, -0.1) is 12.4 Å². The van der Waals surface area contributed by atoms with Crippen LogP contribution in [-0.2, 0) is 0 Å². The molecule has 0 bridgehead atoms. The molecule has 0 aliphatic heterocycles. The van der Waals surface area contributed by atoms with E-state index in [4.69, 9.17) is 5.73 Å². The third-order valence-electron chi connectivity index (χ3n) is 2.51. The molecule has 0 heterocycles. The van der Waals surface area contributed by atoms with E-state index in [-0.39, 0.29) is 18.1 Å². The molecule has 2 aromatic carbocycles.